The maximum atomic E-state index is 13.2. The average Bonchev–Trinajstić information content (AvgIpc) is 3.36. The molecule has 1 fully saturated rings. The zero-order valence-electron chi connectivity index (χ0n) is 20.1. The fraction of sp³-hybridized carbons (Fsp3) is 0.296. The van der Waals surface area contributed by atoms with Crippen LogP contribution in [0.1, 0.15) is 56.4 Å². The van der Waals surface area contributed by atoms with Crippen LogP contribution in [0.15, 0.2) is 60.0 Å². The molecular weight excluding hydrogens is 462 g/mol. The Morgan fingerprint density at radius 3 is 1.97 bits per heavy atom. The normalized spacial score (nSPS) is 13.6. The van der Waals surface area contributed by atoms with Crippen LogP contribution in [0.5, 0.6) is 5.75 Å². The lowest BCUT2D eigenvalue weighted by molar-refractivity contribution is 0.0536. The number of piperazine rings is 1. The molecule has 0 spiro atoms. The smallest absolute Gasteiger partial charge is 0.256 e. The minimum Gasteiger partial charge on any atom is -0.497 e. The molecular formula is C27H29N3O4S. The van der Waals surface area contributed by atoms with Crippen molar-refractivity contribution in [3.63, 3.8) is 0 Å². The zero-order chi connectivity index (χ0) is 24.9. The summed E-state index contributed by atoms with van der Waals surface area (Å²) in [6.07, 6.45) is 0. The first-order valence-corrected chi connectivity index (χ1v) is 12.5. The molecule has 1 aliphatic heterocycles. The van der Waals surface area contributed by atoms with E-state index in [0.717, 1.165) is 5.56 Å². The van der Waals surface area contributed by atoms with Gasteiger partial charge in [-0.2, -0.15) is 0 Å². The summed E-state index contributed by atoms with van der Waals surface area (Å²) in [7, 11) is 1.58. The Kier molecular flexibility index (Phi) is 7.51. The number of ether oxygens (including phenoxy) is 1. The van der Waals surface area contributed by atoms with Gasteiger partial charge in [-0.15, -0.1) is 11.3 Å². The van der Waals surface area contributed by atoms with E-state index in [1.54, 1.807) is 64.8 Å². The predicted octanol–water partition coefficient (Wildman–Crippen LogP) is 4.73. The summed E-state index contributed by atoms with van der Waals surface area (Å²) < 4.78 is 5.15. The van der Waals surface area contributed by atoms with Gasteiger partial charge in [0.1, 0.15) is 10.8 Å². The molecule has 0 saturated carbocycles. The second kappa shape index (κ2) is 10.7. The Bertz CT molecular complexity index is 1190. The second-order valence-corrected chi connectivity index (χ2v) is 9.62. The van der Waals surface area contributed by atoms with Gasteiger partial charge in [-0.25, -0.2) is 0 Å². The SMILES string of the molecule is COc1ccc(C(=O)N2CCN(C(=O)c3ccsc3NC(=O)c3ccc(C(C)C)cc3)CC2)cc1. The summed E-state index contributed by atoms with van der Waals surface area (Å²) in [4.78, 5) is 42.2. The highest BCUT2D eigenvalue weighted by Crippen LogP contribution is 2.26. The number of hydrogen-bond donors (Lipinski definition) is 1. The van der Waals surface area contributed by atoms with E-state index in [1.807, 2.05) is 12.1 Å². The van der Waals surface area contributed by atoms with Gasteiger partial charge in [0, 0.05) is 37.3 Å². The van der Waals surface area contributed by atoms with E-state index in [9.17, 15) is 14.4 Å². The zero-order valence-corrected chi connectivity index (χ0v) is 20.9. The summed E-state index contributed by atoms with van der Waals surface area (Å²) in [6.45, 7) is 5.97. The molecule has 0 unspecified atom stereocenters. The summed E-state index contributed by atoms with van der Waals surface area (Å²) in [5, 5.41) is 5.22. The molecule has 0 aliphatic carbocycles. The molecule has 0 atom stereocenters. The van der Waals surface area contributed by atoms with Crippen LogP contribution in [0.2, 0.25) is 0 Å². The number of nitrogens with zero attached hydrogens (tertiary/aromatic N) is 2. The number of anilines is 1. The number of rotatable bonds is 6. The van der Waals surface area contributed by atoms with Gasteiger partial charge in [0.2, 0.25) is 0 Å². The molecule has 1 N–H and O–H groups in total. The van der Waals surface area contributed by atoms with Crippen LogP contribution in [0.3, 0.4) is 0 Å². The van der Waals surface area contributed by atoms with E-state index in [1.165, 1.54) is 11.3 Å². The van der Waals surface area contributed by atoms with Crippen molar-refractivity contribution < 1.29 is 19.1 Å². The fourth-order valence-electron chi connectivity index (χ4n) is 3.97. The van der Waals surface area contributed by atoms with Gasteiger partial charge in [-0.05, 0) is 59.3 Å². The van der Waals surface area contributed by atoms with Crippen molar-refractivity contribution >= 4 is 34.1 Å². The minimum absolute atomic E-state index is 0.0632. The molecule has 1 aromatic heterocycles. The van der Waals surface area contributed by atoms with Crippen LogP contribution >= 0.6 is 11.3 Å². The van der Waals surface area contributed by atoms with Crippen LogP contribution < -0.4 is 10.1 Å². The number of nitrogens with one attached hydrogen (secondary N) is 1. The first-order valence-electron chi connectivity index (χ1n) is 11.6. The number of methoxy groups -OCH3 is 1. The lowest BCUT2D eigenvalue weighted by Crippen LogP contribution is -2.50. The van der Waals surface area contributed by atoms with E-state index in [2.05, 4.69) is 19.2 Å². The predicted molar refractivity (Wildman–Crippen MR) is 138 cm³/mol. The van der Waals surface area contributed by atoms with Crippen molar-refractivity contribution in [3.8, 4) is 5.75 Å². The van der Waals surface area contributed by atoms with Gasteiger partial charge in [-0.3, -0.25) is 14.4 Å². The van der Waals surface area contributed by atoms with Crippen LogP contribution in [-0.4, -0.2) is 60.8 Å². The maximum Gasteiger partial charge on any atom is 0.256 e. The molecule has 7 nitrogen and oxygen atoms in total. The summed E-state index contributed by atoms with van der Waals surface area (Å²) in [6, 6.07) is 16.3. The molecule has 1 saturated heterocycles. The Morgan fingerprint density at radius 2 is 1.40 bits per heavy atom. The Hall–Kier alpha value is -3.65. The van der Waals surface area contributed by atoms with Gasteiger partial charge in [-0.1, -0.05) is 26.0 Å². The topological polar surface area (TPSA) is 79.0 Å². The average molecular weight is 492 g/mol. The third-order valence-electron chi connectivity index (χ3n) is 6.15. The van der Waals surface area contributed by atoms with E-state index in [-0.39, 0.29) is 17.7 Å². The maximum absolute atomic E-state index is 13.2. The Morgan fingerprint density at radius 1 is 0.829 bits per heavy atom. The molecule has 35 heavy (non-hydrogen) atoms. The fourth-order valence-corrected chi connectivity index (χ4v) is 4.74. The standard InChI is InChI=1S/C27H29N3O4S/c1-18(2)19-4-6-20(7-5-19)24(31)28-25-23(12-17-35-25)27(33)30-15-13-29(14-16-30)26(32)21-8-10-22(34-3)11-9-21/h4-12,17-18H,13-16H2,1-3H3,(H,28,31). The molecule has 2 aromatic carbocycles. The first kappa shape index (κ1) is 24.5. The van der Waals surface area contributed by atoms with Crippen LogP contribution in [-0.2, 0) is 0 Å². The molecule has 2 heterocycles. The van der Waals surface area contributed by atoms with Crippen molar-refractivity contribution in [2.75, 3.05) is 38.6 Å². The minimum atomic E-state index is -0.244. The largest absolute Gasteiger partial charge is 0.497 e. The number of carbonyl (C=O) groups excluding carboxylic acids is 3. The third kappa shape index (κ3) is 5.54. The molecule has 4 rings (SSSR count). The number of hydrogen-bond acceptors (Lipinski definition) is 5. The van der Waals surface area contributed by atoms with Crippen molar-refractivity contribution in [3.05, 3.63) is 82.2 Å². The van der Waals surface area contributed by atoms with Crippen LogP contribution in [0.25, 0.3) is 0 Å². The van der Waals surface area contributed by atoms with Gasteiger partial charge >= 0.3 is 0 Å². The van der Waals surface area contributed by atoms with Crippen LogP contribution in [0.4, 0.5) is 5.00 Å². The molecule has 0 bridgehead atoms. The van der Waals surface area contributed by atoms with E-state index in [0.29, 0.717) is 59.5 Å². The molecule has 3 amide bonds. The molecule has 182 valence electrons. The number of benzene rings is 2. The summed E-state index contributed by atoms with van der Waals surface area (Å²) in [5.41, 5.74) is 2.77. The van der Waals surface area contributed by atoms with Crippen molar-refractivity contribution in [1.82, 2.24) is 9.80 Å². The van der Waals surface area contributed by atoms with Crippen molar-refractivity contribution in [2.45, 2.75) is 19.8 Å². The number of amides is 3. The molecule has 1 aliphatic rings. The Balaban J connectivity index is 1.36. The van der Waals surface area contributed by atoms with E-state index < -0.39 is 0 Å². The van der Waals surface area contributed by atoms with Gasteiger partial charge in [0.05, 0.1) is 12.7 Å². The lowest BCUT2D eigenvalue weighted by Gasteiger charge is -2.35. The highest BCUT2D eigenvalue weighted by atomic mass is 32.1. The summed E-state index contributed by atoms with van der Waals surface area (Å²) in [5.74, 6) is 0.635. The van der Waals surface area contributed by atoms with Crippen molar-refractivity contribution in [2.24, 2.45) is 0 Å². The highest BCUT2D eigenvalue weighted by molar-refractivity contribution is 7.14. The van der Waals surface area contributed by atoms with E-state index >= 15 is 0 Å². The monoisotopic (exact) mass is 491 g/mol. The number of carbonyl (C=O) groups is 3. The van der Waals surface area contributed by atoms with Gasteiger partial charge in [0.15, 0.2) is 0 Å². The molecule has 3 aromatic rings. The van der Waals surface area contributed by atoms with Gasteiger partial charge in [0.25, 0.3) is 17.7 Å². The first-order chi connectivity index (χ1) is 16.9. The molecule has 8 heteroatoms. The quantitative estimate of drug-likeness (QED) is 0.541. The van der Waals surface area contributed by atoms with Gasteiger partial charge < -0.3 is 19.9 Å². The van der Waals surface area contributed by atoms with Crippen molar-refractivity contribution in [1.29, 1.82) is 0 Å². The number of thiophene rings is 1. The molecule has 0 radical (unpaired) electrons. The van der Waals surface area contributed by atoms with Crippen LogP contribution in [0, 0.1) is 0 Å². The van der Waals surface area contributed by atoms with E-state index in [4.69, 9.17) is 4.74 Å². The summed E-state index contributed by atoms with van der Waals surface area (Å²) >= 11 is 1.32. The third-order valence-corrected chi connectivity index (χ3v) is 6.98. The lowest BCUT2D eigenvalue weighted by atomic mass is 10.0. The highest BCUT2D eigenvalue weighted by Gasteiger charge is 2.27. The Labute approximate surface area is 209 Å². The second-order valence-electron chi connectivity index (χ2n) is 8.71.